The molecule has 8 heteroatoms. The molecule has 0 aromatic heterocycles. The van der Waals surface area contributed by atoms with Gasteiger partial charge >= 0.3 is 5.91 Å². The van der Waals surface area contributed by atoms with E-state index in [9.17, 15) is 14.9 Å². The van der Waals surface area contributed by atoms with E-state index in [0.717, 1.165) is 0 Å². The number of non-ortho nitro benzene ring substituents is 1. The van der Waals surface area contributed by atoms with Gasteiger partial charge in [0.15, 0.2) is 0 Å². The van der Waals surface area contributed by atoms with E-state index in [1.165, 1.54) is 12.1 Å². The zero-order valence-corrected chi connectivity index (χ0v) is 14.8. The molecule has 2 aromatic carbocycles. The third kappa shape index (κ3) is 2.57. The molecular formula is C19H17N3O5. The number of benzene rings is 2. The molecule has 2 aromatic rings. The quantitative estimate of drug-likeness (QED) is 0.468. The van der Waals surface area contributed by atoms with Gasteiger partial charge in [0.1, 0.15) is 0 Å². The number of carbonyl (C=O) groups excluding carboxylic acids is 1. The van der Waals surface area contributed by atoms with Gasteiger partial charge in [0.05, 0.1) is 17.1 Å². The zero-order chi connectivity index (χ0) is 19.2. The van der Waals surface area contributed by atoms with E-state index in [2.05, 4.69) is 5.16 Å². The Bertz CT molecular complexity index is 940. The second kappa shape index (κ2) is 5.88. The number of nitro groups is 1. The van der Waals surface area contributed by atoms with Crippen molar-refractivity contribution < 1.29 is 19.3 Å². The summed E-state index contributed by atoms with van der Waals surface area (Å²) in [6.45, 7) is 4.14. The van der Waals surface area contributed by atoms with Crippen molar-refractivity contribution in [1.82, 2.24) is 4.90 Å². The molecule has 0 bridgehead atoms. The van der Waals surface area contributed by atoms with Gasteiger partial charge in [-0.05, 0) is 26.0 Å². The lowest BCUT2D eigenvalue weighted by atomic mass is 10.0. The van der Waals surface area contributed by atoms with Gasteiger partial charge < -0.3 is 9.57 Å². The predicted molar refractivity (Wildman–Crippen MR) is 95.9 cm³/mol. The number of nitrogens with zero attached hydrogens (tertiary/aromatic N) is 3. The molecule has 0 N–H and O–H groups in total. The van der Waals surface area contributed by atoms with Gasteiger partial charge in [-0.15, -0.1) is 0 Å². The molecule has 0 saturated carbocycles. The molecule has 0 spiro atoms. The first-order valence-corrected chi connectivity index (χ1v) is 8.40. The number of nitro benzene ring substituents is 1. The fourth-order valence-corrected chi connectivity index (χ4v) is 3.36. The van der Waals surface area contributed by atoms with Crippen LogP contribution in [-0.4, -0.2) is 33.6 Å². The zero-order valence-electron chi connectivity index (χ0n) is 14.8. The lowest BCUT2D eigenvalue weighted by molar-refractivity contribution is -0.384. The fraction of sp³-hybridized carbons (Fsp3) is 0.263. The van der Waals surface area contributed by atoms with Crippen LogP contribution in [-0.2, 0) is 15.5 Å². The first-order chi connectivity index (χ1) is 12.8. The van der Waals surface area contributed by atoms with Crippen LogP contribution < -0.4 is 0 Å². The Morgan fingerprint density at radius 3 is 2.44 bits per heavy atom. The van der Waals surface area contributed by atoms with Crippen LogP contribution >= 0.6 is 0 Å². The van der Waals surface area contributed by atoms with Crippen molar-refractivity contribution in [3.63, 3.8) is 0 Å². The van der Waals surface area contributed by atoms with Crippen LogP contribution in [0, 0.1) is 10.1 Å². The van der Waals surface area contributed by atoms with E-state index in [1.807, 2.05) is 19.9 Å². The number of hydrogen-bond donors (Lipinski definition) is 0. The summed E-state index contributed by atoms with van der Waals surface area (Å²) in [5.41, 5.74) is 0.403. The van der Waals surface area contributed by atoms with E-state index in [1.54, 1.807) is 41.3 Å². The summed E-state index contributed by atoms with van der Waals surface area (Å²) in [5, 5.41) is 15.0. The number of carbonyl (C=O) groups is 1. The van der Waals surface area contributed by atoms with E-state index in [4.69, 9.17) is 9.57 Å². The smallest absolute Gasteiger partial charge is 0.332 e. The van der Waals surface area contributed by atoms with Crippen molar-refractivity contribution in [3.8, 4) is 0 Å². The average Bonchev–Trinajstić information content (AvgIpc) is 3.20. The van der Waals surface area contributed by atoms with E-state index >= 15 is 0 Å². The first kappa shape index (κ1) is 17.2. The standard InChI is InChI=1S/C19H17N3O5/c1-18(2)12-26-19(14-8-10-15(11-9-14)22(24)25)21(18)17(20-27-19)16(23)13-6-4-3-5-7-13/h3-11H,12H2,1-2H3. The Labute approximate surface area is 155 Å². The molecule has 1 saturated heterocycles. The average molecular weight is 367 g/mol. The van der Waals surface area contributed by atoms with Crippen LogP contribution in [0.3, 0.4) is 0 Å². The second-order valence-corrected chi connectivity index (χ2v) is 7.02. The van der Waals surface area contributed by atoms with Gasteiger partial charge in [0.2, 0.25) is 11.6 Å². The van der Waals surface area contributed by atoms with Crippen molar-refractivity contribution in [1.29, 1.82) is 0 Å². The highest BCUT2D eigenvalue weighted by molar-refractivity contribution is 6.45. The van der Waals surface area contributed by atoms with Crippen LogP contribution in [0.25, 0.3) is 0 Å². The van der Waals surface area contributed by atoms with E-state index < -0.39 is 16.4 Å². The highest BCUT2D eigenvalue weighted by atomic mass is 16.8. The Balaban J connectivity index is 1.75. The number of amidine groups is 1. The lowest BCUT2D eigenvalue weighted by Gasteiger charge is -2.35. The molecule has 2 aliphatic rings. The number of Topliss-reactive ketones (excluding diaryl/α,β-unsaturated/α-hetero) is 1. The number of oxime groups is 1. The fourth-order valence-electron chi connectivity index (χ4n) is 3.36. The van der Waals surface area contributed by atoms with E-state index in [-0.39, 0.29) is 17.3 Å². The van der Waals surface area contributed by atoms with Crippen molar-refractivity contribution in [2.75, 3.05) is 6.61 Å². The number of fused-ring (bicyclic) bond motifs is 1. The van der Waals surface area contributed by atoms with Crippen molar-refractivity contribution in [2.45, 2.75) is 25.3 Å². The summed E-state index contributed by atoms with van der Waals surface area (Å²) in [7, 11) is 0. The number of ketones is 1. The minimum Gasteiger partial charge on any atom is -0.332 e. The Morgan fingerprint density at radius 2 is 1.81 bits per heavy atom. The van der Waals surface area contributed by atoms with E-state index in [0.29, 0.717) is 17.7 Å². The van der Waals surface area contributed by atoms with Gasteiger partial charge in [-0.2, -0.15) is 0 Å². The summed E-state index contributed by atoms with van der Waals surface area (Å²) in [6.07, 6.45) is 0. The molecule has 8 nitrogen and oxygen atoms in total. The molecule has 1 fully saturated rings. The molecule has 4 rings (SSSR count). The Hall–Kier alpha value is -3.26. The topological polar surface area (TPSA) is 94.3 Å². The predicted octanol–water partition coefficient (Wildman–Crippen LogP) is 3.04. The highest BCUT2D eigenvalue weighted by Crippen LogP contribution is 2.47. The third-order valence-corrected chi connectivity index (χ3v) is 4.67. The molecule has 27 heavy (non-hydrogen) atoms. The van der Waals surface area contributed by atoms with Gasteiger partial charge in [0, 0.05) is 23.3 Å². The Kier molecular flexibility index (Phi) is 3.74. The number of hydrogen-bond acceptors (Lipinski definition) is 7. The number of rotatable bonds is 4. The van der Waals surface area contributed by atoms with Gasteiger partial charge in [-0.3, -0.25) is 19.8 Å². The monoisotopic (exact) mass is 367 g/mol. The van der Waals surface area contributed by atoms with Crippen LogP contribution in [0.2, 0.25) is 0 Å². The maximum atomic E-state index is 13.0. The van der Waals surface area contributed by atoms with Crippen LogP contribution in [0.5, 0.6) is 0 Å². The maximum absolute atomic E-state index is 13.0. The van der Waals surface area contributed by atoms with Crippen molar-refractivity contribution in [2.24, 2.45) is 5.16 Å². The maximum Gasteiger partial charge on any atom is 0.348 e. The van der Waals surface area contributed by atoms with Crippen molar-refractivity contribution >= 4 is 17.3 Å². The minimum atomic E-state index is -1.42. The lowest BCUT2D eigenvalue weighted by Crippen LogP contribution is -2.53. The molecule has 2 heterocycles. The molecule has 1 atom stereocenters. The summed E-state index contributed by atoms with van der Waals surface area (Å²) < 4.78 is 5.95. The van der Waals surface area contributed by atoms with Crippen molar-refractivity contribution in [3.05, 3.63) is 75.8 Å². The van der Waals surface area contributed by atoms with Gasteiger partial charge in [-0.25, -0.2) is 0 Å². The van der Waals surface area contributed by atoms with Gasteiger partial charge in [0.25, 0.3) is 5.69 Å². The third-order valence-electron chi connectivity index (χ3n) is 4.67. The molecule has 138 valence electrons. The van der Waals surface area contributed by atoms with Crippen LogP contribution in [0.15, 0.2) is 59.8 Å². The SMILES string of the molecule is CC1(C)COC2(c3ccc([N+](=O)[O-])cc3)ON=C(C(=O)c3ccccc3)N12. The van der Waals surface area contributed by atoms with Gasteiger partial charge in [-0.1, -0.05) is 35.5 Å². The molecule has 0 radical (unpaired) electrons. The summed E-state index contributed by atoms with van der Waals surface area (Å²) in [5.74, 6) is -1.56. The van der Waals surface area contributed by atoms with Crippen LogP contribution in [0.4, 0.5) is 5.69 Å². The number of ether oxygens (including phenoxy) is 1. The molecule has 0 aliphatic carbocycles. The summed E-state index contributed by atoms with van der Waals surface area (Å²) >= 11 is 0. The second-order valence-electron chi connectivity index (χ2n) is 7.02. The summed E-state index contributed by atoms with van der Waals surface area (Å²) in [6, 6.07) is 14.7. The highest BCUT2D eigenvalue weighted by Gasteiger charge is 2.62. The first-order valence-electron chi connectivity index (χ1n) is 8.40. The Morgan fingerprint density at radius 1 is 1.15 bits per heavy atom. The molecule has 1 unspecified atom stereocenters. The molecular weight excluding hydrogens is 350 g/mol. The summed E-state index contributed by atoms with van der Waals surface area (Å²) in [4.78, 5) is 30.8. The largest absolute Gasteiger partial charge is 0.348 e. The van der Waals surface area contributed by atoms with Crippen LogP contribution in [0.1, 0.15) is 29.8 Å². The molecule has 0 amide bonds. The minimum absolute atomic E-state index is 0.0431. The molecule has 2 aliphatic heterocycles. The normalized spacial score (nSPS) is 22.7.